The lowest BCUT2D eigenvalue weighted by Crippen LogP contribution is -2.13. The SMILES string of the molecule is CCCCCc1ccc([C@H]2CC[C@H](CCC=CC#N)CC2)cc1. The molecule has 1 aromatic carbocycles. The van der Waals surface area contributed by atoms with Crippen molar-refractivity contribution in [2.45, 2.75) is 77.0 Å². The highest BCUT2D eigenvalue weighted by atomic mass is 14.3. The summed E-state index contributed by atoms with van der Waals surface area (Å²) in [5.41, 5.74) is 3.05. The van der Waals surface area contributed by atoms with Crippen LogP contribution in [0.5, 0.6) is 0 Å². The van der Waals surface area contributed by atoms with Crippen molar-refractivity contribution >= 4 is 0 Å². The number of benzene rings is 1. The van der Waals surface area contributed by atoms with Gasteiger partial charge in [0, 0.05) is 6.08 Å². The summed E-state index contributed by atoms with van der Waals surface area (Å²) >= 11 is 0. The second kappa shape index (κ2) is 10.3. The van der Waals surface area contributed by atoms with Crippen molar-refractivity contribution in [3.05, 3.63) is 47.5 Å². The Kier molecular flexibility index (Phi) is 7.95. The maximum atomic E-state index is 8.51. The third-order valence-electron chi connectivity index (χ3n) is 5.30. The predicted molar refractivity (Wildman–Crippen MR) is 98.4 cm³/mol. The molecule has 1 aliphatic rings. The summed E-state index contributed by atoms with van der Waals surface area (Å²) in [4.78, 5) is 0. The minimum Gasteiger partial charge on any atom is -0.193 e. The fourth-order valence-corrected chi connectivity index (χ4v) is 3.79. The van der Waals surface area contributed by atoms with Crippen LogP contribution in [-0.2, 0) is 6.42 Å². The van der Waals surface area contributed by atoms with Crippen molar-refractivity contribution in [2.75, 3.05) is 0 Å². The first-order valence-corrected chi connectivity index (χ1v) is 9.47. The minimum absolute atomic E-state index is 0.769. The van der Waals surface area contributed by atoms with Gasteiger partial charge in [0.05, 0.1) is 6.07 Å². The molecule has 1 aromatic rings. The van der Waals surface area contributed by atoms with E-state index in [2.05, 4.69) is 37.3 Å². The van der Waals surface area contributed by atoms with E-state index >= 15 is 0 Å². The molecule has 1 heteroatoms. The normalized spacial score (nSPS) is 21.4. The molecule has 0 amide bonds. The number of nitriles is 1. The van der Waals surface area contributed by atoms with Gasteiger partial charge < -0.3 is 0 Å². The average molecular weight is 309 g/mol. The van der Waals surface area contributed by atoms with Crippen molar-refractivity contribution in [3.63, 3.8) is 0 Å². The number of hydrogen-bond acceptors (Lipinski definition) is 1. The number of allylic oxidation sites excluding steroid dienone is 2. The molecule has 0 heterocycles. The molecule has 0 aliphatic heterocycles. The summed E-state index contributed by atoms with van der Waals surface area (Å²) in [5.74, 6) is 1.63. The van der Waals surface area contributed by atoms with E-state index in [1.807, 2.05) is 6.08 Å². The maximum Gasteiger partial charge on any atom is 0.0908 e. The van der Waals surface area contributed by atoms with Crippen LogP contribution in [0.1, 0.15) is 81.8 Å². The van der Waals surface area contributed by atoms with E-state index in [-0.39, 0.29) is 0 Å². The quantitative estimate of drug-likeness (QED) is 0.394. The smallest absolute Gasteiger partial charge is 0.0908 e. The van der Waals surface area contributed by atoms with Gasteiger partial charge in [-0.2, -0.15) is 5.26 Å². The van der Waals surface area contributed by atoms with Crippen LogP contribution in [0, 0.1) is 17.2 Å². The van der Waals surface area contributed by atoms with Gasteiger partial charge in [0.2, 0.25) is 0 Å². The molecule has 124 valence electrons. The van der Waals surface area contributed by atoms with Gasteiger partial charge in [-0.05, 0) is 74.3 Å². The summed E-state index contributed by atoms with van der Waals surface area (Å²) in [7, 11) is 0. The third kappa shape index (κ3) is 6.22. The first-order valence-electron chi connectivity index (χ1n) is 9.47. The van der Waals surface area contributed by atoms with Crippen LogP contribution in [0.25, 0.3) is 0 Å². The van der Waals surface area contributed by atoms with Gasteiger partial charge in [0.25, 0.3) is 0 Å². The molecule has 1 saturated carbocycles. The lowest BCUT2D eigenvalue weighted by atomic mass is 9.77. The van der Waals surface area contributed by atoms with E-state index in [0.717, 1.165) is 18.3 Å². The highest BCUT2D eigenvalue weighted by molar-refractivity contribution is 5.26. The highest BCUT2D eigenvalue weighted by Crippen LogP contribution is 2.37. The van der Waals surface area contributed by atoms with Gasteiger partial charge >= 0.3 is 0 Å². The van der Waals surface area contributed by atoms with E-state index in [4.69, 9.17) is 5.26 Å². The Hall–Kier alpha value is -1.55. The van der Waals surface area contributed by atoms with Crippen LogP contribution >= 0.6 is 0 Å². The molecule has 1 aliphatic carbocycles. The molecule has 0 spiro atoms. The maximum absolute atomic E-state index is 8.51. The summed E-state index contributed by atoms with van der Waals surface area (Å²) in [6.07, 6.45) is 16.5. The van der Waals surface area contributed by atoms with Crippen LogP contribution in [-0.4, -0.2) is 0 Å². The molecule has 0 bridgehead atoms. The van der Waals surface area contributed by atoms with Crippen LogP contribution in [0.3, 0.4) is 0 Å². The standard InChI is InChI=1S/C22H31N/c1-2-3-5-8-19-10-14-21(15-11-19)22-16-12-20(13-17-22)9-6-4-7-18-23/h4,7,10-11,14-15,20,22H,2-3,5-6,8-9,12-13,16-17H2,1H3/t20-,22-. The summed E-state index contributed by atoms with van der Waals surface area (Å²) < 4.78 is 0. The molecular formula is C22H31N. The molecule has 0 saturated heterocycles. The molecule has 1 nitrogen and oxygen atoms in total. The molecule has 0 atom stereocenters. The highest BCUT2D eigenvalue weighted by Gasteiger charge is 2.21. The molecule has 0 aromatic heterocycles. The first-order chi connectivity index (χ1) is 11.3. The number of hydrogen-bond donors (Lipinski definition) is 0. The summed E-state index contributed by atoms with van der Waals surface area (Å²) in [6.45, 7) is 2.26. The van der Waals surface area contributed by atoms with Crippen molar-refractivity contribution in [2.24, 2.45) is 5.92 Å². The number of aryl methyl sites for hydroxylation is 1. The zero-order valence-corrected chi connectivity index (χ0v) is 14.6. The zero-order chi connectivity index (χ0) is 16.3. The van der Waals surface area contributed by atoms with Crippen LogP contribution in [0.15, 0.2) is 36.4 Å². The third-order valence-corrected chi connectivity index (χ3v) is 5.30. The number of rotatable bonds is 8. The van der Waals surface area contributed by atoms with Gasteiger partial charge in [0.15, 0.2) is 0 Å². The van der Waals surface area contributed by atoms with E-state index in [1.165, 1.54) is 63.4 Å². The van der Waals surface area contributed by atoms with E-state index in [0.29, 0.717) is 0 Å². The van der Waals surface area contributed by atoms with Gasteiger partial charge in [-0.15, -0.1) is 0 Å². The Morgan fingerprint density at radius 3 is 2.48 bits per heavy atom. The molecule has 0 N–H and O–H groups in total. The topological polar surface area (TPSA) is 23.8 Å². The Bertz CT molecular complexity index is 498. The predicted octanol–water partition coefficient (Wildman–Crippen LogP) is 6.55. The molecule has 0 unspecified atom stereocenters. The fourth-order valence-electron chi connectivity index (χ4n) is 3.79. The second-order valence-electron chi connectivity index (χ2n) is 7.03. The Labute approximate surface area is 142 Å². The molecule has 23 heavy (non-hydrogen) atoms. The lowest BCUT2D eigenvalue weighted by Gasteiger charge is -2.28. The van der Waals surface area contributed by atoms with Gasteiger partial charge in [-0.3, -0.25) is 0 Å². The first kappa shape index (κ1) is 17.8. The van der Waals surface area contributed by atoms with Crippen molar-refractivity contribution in [3.8, 4) is 6.07 Å². The molecule has 1 fully saturated rings. The lowest BCUT2D eigenvalue weighted by molar-refractivity contribution is 0.312. The Balaban J connectivity index is 1.74. The summed E-state index contributed by atoms with van der Waals surface area (Å²) in [6, 6.07) is 11.5. The van der Waals surface area contributed by atoms with E-state index in [9.17, 15) is 0 Å². The Morgan fingerprint density at radius 2 is 1.83 bits per heavy atom. The van der Waals surface area contributed by atoms with Crippen LogP contribution in [0.2, 0.25) is 0 Å². The van der Waals surface area contributed by atoms with E-state index in [1.54, 1.807) is 11.6 Å². The second-order valence-corrected chi connectivity index (χ2v) is 7.03. The number of unbranched alkanes of at least 4 members (excludes halogenated alkanes) is 2. The summed E-state index contributed by atoms with van der Waals surface area (Å²) in [5, 5.41) is 8.51. The van der Waals surface area contributed by atoms with E-state index < -0.39 is 0 Å². The number of nitrogens with zero attached hydrogens (tertiary/aromatic N) is 1. The van der Waals surface area contributed by atoms with Crippen molar-refractivity contribution < 1.29 is 0 Å². The van der Waals surface area contributed by atoms with Gasteiger partial charge in [-0.25, -0.2) is 0 Å². The Morgan fingerprint density at radius 1 is 1.09 bits per heavy atom. The molecule has 0 radical (unpaired) electrons. The van der Waals surface area contributed by atoms with Crippen molar-refractivity contribution in [1.82, 2.24) is 0 Å². The molecule has 2 rings (SSSR count). The van der Waals surface area contributed by atoms with Gasteiger partial charge in [0.1, 0.15) is 0 Å². The zero-order valence-electron chi connectivity index (χ0n) is 14.6. The largest absolute Gasteiger partial charge is 0.193 e. The molecular weight excluding hydrogens is 278 g/mol. The minimum atomic E-state index is 0.769. The van der Waals surface area contributed by atoms with Crippen LogP contribution in [0.4, 0.5) is 0 Å². The average Bonchev–Trinajstić information content (AvgIpc) is 2.60. The van der Waals surface area contributed by atoms with Crippen LogP contribution < -0.4 is 0 Å². The van der Waals surface area contributed by atoms with Gasteiger partial charge in [-0.1, -0.05) is 50.1 Å². The monoisotopic (exact) mass is 309 g/mol. The fraction of sp³-hybridized carbons (Fsp3) is 0.591. The van der Waals surface area contributed by atoms with Crippen molar-refractivity contribution in [1.29, 1.82) is 5.26 Å².